The number of hydrogen-bond acceptors (Lipinski definition) is 5. The quantitative estimate of drug-likeness (QED) is 0.846. The van der Waals surface area contributed by atoms with Crippen molar-refractivity contribution < 1.29 is 9.47 Å². The highest BCUT2D eigenvalue weighted by Gasteiger charge is 2.40. The molecule has 1 aromatic heterocycles. The molecular weight excluding hydrogens is 254 g/mol. The summed E-state index contributed by atoms with van der Waals surface area (Å²) in [6.45, 7) is 0.539. The van der Waals surface area contributed by atoms with Crippen molar-refractivity contribution >= 4 is 0 Å². The summed E-state index contributed by atoms with van der Waals surface area (Å²) in [4.78, 5) is 7.78. The standard InChI is InChI=1S/C15H19N3O2/c16-8-14-17-9-13(10-18-14)19-11-12-4-7-15(20-12)5-2-1-3-6-15/h9-10,12H,1-7,11H2. The Morgan fingerprint density at radius 3 is 2.70 bits per heavy atom. The molecule has 1 aliphatic heterocycles. The Labute approximate surface area is 118 Å². The number of aromatic nitrogens is 2. The largest absolute Gasteiger partial charge is 0.488 e. The van der Waals surface area contributed by atoms with E-state index in [4.69, 9.17) is 14.7 Å². The Balaban J connectivity index is 1.50. The zero-order chi connectivity index (χ0) is 13.8. The van der Waals surface area contributed by atoms with Crippen LogP contribution in [0.5, 0.6) is 5.75 Å². The minimum Gasteiger partial charge on any atom is -0.488 e. The molecule has 106 valence electrons. The first-order chi connectivity index (χ1) is 9.80. The van der Waals surface area contributed by atoms with Crippen LogP contribution in [-0.4, -0.2) is 28.3 Å². The highest BCUT2D eigenvalue weighted by atomic mass is 16.6. The van der Waals surface area contributed by atoms with E-state index in [1.807, 2.05) is 6.07 Å². The lowest BCUT2D eigenvalue weighted by atomic mass is 9.83. The number of ether oxygens (including phenoxy) is 2. The molecule has 2 heterocycles. The second-order valence-corrected chi connectivity index (χ2v) is 5.69. The Kier molecular flexibility index (Phi) is 3.83. The average molecular weight is 273 g/mol. The van der Waals surface area contributed by atoms with Crippen molar-refractivity contribution in [1.29, 1.82) is 5.26 Å². The van der Waals surface area contributed by atoms with E-state index in [0.29, 0.717) is 12.4 Å². The lowest BCUT2D eigenvalue weighted by molar-refractivity contribution is -0.0749. The predicted octanol–water partition coefficient (Wildman–Crippen LogP) is 2.61. The zero-order valence-electron chi connectivity index (χ0n) is 11.5. The summed E-state index contributed by atoms with van der Waals surface area (Å²) in [5, 5.41) is 8.64. The first-order valence-electron chi connectivity index (χ1n) is 7.32. The first kappa shape index (κ1) is 13.3. The Hall–Kier alpha value is -1.67. The zero-order valence-corrected chi connectivity index (χ0v) is 11.5. The molecule has 0 bridgehead atoms. The van der Waals surface area contributed by atoms with Crippen molar-refractivity contribution in [3.8, 4) is 11.8 Å². The van der Waals surface area contributed by atoms with E-state index in [1.54, 1.807) is 0 Å². The van der Waals surface area contributed by atoms with Gasteiger partial charge in [-0.1, -0.05) is 19.3 Å². The van der Waals surface area contributed by atoms with Gasteiger partial charge >= 0.3 is 0 Å². The minimum atomic E-state index is 0.132. The predicted molar refractivity (Wildman–Crippen MR) is 72.2 cm³/mol. The fraction of sp³-hybridized carbons (Fsp3) is 0.667. The van der Waals surface area contributed by atoms with Crippen LogP contribution in [0.1, 0.15) is 50.8 Å². The maximum Gasteiger partial charge on any atom is 0.232 e. The van der Waals surface area contributed by atoms with Gasteiger partial charge in [0.2, 0.25) is 5.82 Å². The van der Waals surface area contributed by atoms with Crippen LogP contribution in [0.4, 0.5) is 0 Å². The van der Waals surface area contributed by atoms with Gasteiger partial charge in [0.05, 0.1) is 24.1 Å². The summed E-state index contributed by atoms with van der Waals surface area (Å²) in [6, 6.07) is 1.89. The van der Waals surface area contributed by atoms with Crippen LogP contribution in [0.2, 0.25) is 0 Å². The van der Waals surface area contributed by atoms with E-state index in [-0.39, 0.29) is 17.5 Å². The molecule has 5 heteroatoms. The number of rotatable bonds is 3. The average Bonchev–Trinajstić information content (AvgIpc) is 2.89. The highest BCUT2D eigenvalue weighted by Crippen LogP contribution is 2.41. The lowest BCUT2D eigenvalue weighted by Crippen LogP contribution is -2.32. The fourth-order valence-corrected chi connectivity index (χ4v) is 3.21. The summed E-state index contributed by atoms with van der Waals surface area (Å²) < 4.78 is 11.9. The third-order valence-electron chi connectivity index (χ3n) is 4.27. The van der Waals surface area contributed by atoms with Crippen molar-refractivity contribution in [3.05, 3.63) is 18.2 Å². The van der Waals surface area contributed by atoms with Crippen LogP contribution in [-0.2, 0) is 4.74 Å². The highest BCUT2D eigenvalue weighted by molar-refractivity contribution is 5.17. The van der Waals surface area contributed by atoms with Gasteiger partial charge in [-0.25, -0.2) is 9.97 Å². The molecule has 1 saturated heterocycles. The van der Waals surface area contributed by atoms with E-state index in [2.05, 4.69) is 9.97 Å². The molecule has 5 nitrogen and oxygen atoms in total. The molecule has 1 aliphatic carbocycles. The Morgan fingerprint density at radius 1 is 1.25 bits per heavy atom. The van der Waals surface area contributed by atoms with Crippen molar-refractivity contribution in [2.45, 2.75) is 56.7 Å². The van der Waals surface area contributed by atoms with Gasteiger partial charge in [0, 0.05) is 0 Å². The molecule has 1 unspecified atom stereocenters. The van der Waals surface area contributed by atoms with E-state index in [1.165, 1.54) is 44.5 Å². The van der Waals surface area contributed by atoms with Crippen LogP contribution in [0.3, 0.4) is 0 Å². The smallest absolute Gasteiger partial charge is 0.232 e. The summed E-state index contributed by atoms with van der Waals surface area (Å²) in [5.41, 5.74) is 0.132. The van der Waals surface area contributed by atoms with Gasteiger partial charge in [0.1, 0.15) is 12.7 Å². The molecule has 1 atom stereocenters. The maximum absolute atomic E-state index is 8.64. The molecule has 20 heavy (non-hydrogen) atoms. The Bertz CT molecular complexity index is 489. The molecule has 0 aromatic carbocycles. The van der Waals surface area contributed by atoms with Gasteiger partial charge < -0.3 is 9.47 Å². The first-order valence-corrected chi connectivity index (χ1v) is 7.32. The van der Waals surface area contributed by atoms with Crippen molar-refractivity contribution in [2.24, 2.45) is 0 Å². The normalized spacial score (nSPS) is 24.4. The molecule has 0 radical (unpaired) electrons. The minimum absolute atomic E-state index is 0.132. The molecule has 3 rings (SSSR count). The fourth-order valence-electron chi connectivity index (χ4n) is 3.21. The van der Waals surface area contributed by atoms with Crippen LogP contribution >= 0.6 is 0 Å². The van der Waals surface area contributed by atoms with E-state index >= 15 is 0 Å². The molecule has 1 spiro atoms. The molecule has 2 aliphatic rings. The van der Waals surface area contributed by atoms with Crippen LogP contribution in [0, 0.1) is 11.3 Å². The van der Waals surface area contributed by atoms with Crippen molar-refractivity contribution in [3.63, 3.8) is 0 Å². The van der Waals surface area contributed by atoms with Gasteiger partial charge in [-0.15, -0.1) is 0 Å². The summed E-state index contributed by atoms with van der Waals surface area (Å²) in [5.74, 6) is 0.757. The van der Waals surface area contributed by atoms with Crippen molar-refractivity contribution in [1.82, 2.24) is 9.97 Å². The second-order valence-electron chi connectivity index (χ2n) is 5.69. The van der Waals surface area contributed by atoms with Crippen LogP contribution in [0.15, 0.2) is 12.4 Å². The molecule has 2 fully saturated rings. The lowest BCUT2D eigenvalue weighted by Gasteiger charge is -2.33. The van der Waals surface area contributed by atoms with E-state index in [9.17, 15) is 0 Å². The molecular formula is C15H19N3O2. The number of hydrogen-bond donors (Lipinski definition) is 0. The topological polar surface area (TPSA) is 68.0 Å². The third-order valence-corrected chi connectivity index (χ3v) is 4.27. The van der Waals surface area contributed by atoms with Crippen LogP contribution < -0.4 is 4.74 Å². The number of nitrogens with zero attached hydrogens (tertiary/aromatic N) is 3. The summed E-state index contributed by atoms with van der Waals surface area (Å²) in [6.07, 6.45) is 11.8. The van der Waals surface area contributed by atoms with Crippen LogP contribution in [0.25, 0.3) is 0 Å². The van der Waals surface area contributed by atoms with Crippen molar-refractivity contribution in [2.75, 3.05) is 6.61 Å². The van der Waals surface area contributed by atoms with Gasteiger partial charge in [-0.2, -0.15) is 5.26 Å². The summed E-state index contributed by atoms with van der Waals surface area (Å²) in [7, 11) is 0. The summed E-state index contributed by atoms with van der Waals surface area (Å²) >= 11 is 0. The van der Waals surface area contributed by atoms with Gasteiger partial charge in [-0.05, 0) is 25.7 Å². The number of nitriles is 1. The molecule has 1 saturated carbocycles. The molecule has 1 aromatic rings. The SMILES string of the molecule is N#Cc1ncc(OCC2CCC3(CCCCC3)O2)cn1. The monoisotopic (exact) mass is 273 g/mol. The van der Waals surface area contributed by atoms with Gasteiger partial charge in [0.15, 0.2) is 5.75 Å². The Morgan fingerprint density at radius 2 is 2.00 bits per heavy atom. The van der Waals surface area contributed by atoms with E-state index < -0.39 is 0 Å². The van der Waals surface area contributed by atoms with Gasteiger partial charge in [-0.3, -0.25) is 0 Å². The van der Waals surface area contributed by atoms with E-state index in [0.717, 1.165) is 12.8 Å². The van der Waals surface area contributed by atoms with Gasteiger partial charge in [0.25, 0.3) is 0 Å². The second kappa shape index (κ2) is 5.76. The molecule has 0 N–H and O–H groups in total. The maximum atomic E-state index is 8.64. The molecule has 0 amide bonds. The third kappa shape index (κ3) is 2.91.